The lowest BCUT2D eigenvalue weighted by molar-refractivity contribution is -0.384. The number of nitro groups is 1. The van der Waals surface area contributed by atoms with Crippen molar-refractivity contribution in [1.82, 2.24) is 0 Å². The summed E-state index contributed by atoms with van der Waals surface area (Å²) < 4.78 is 5.35. The van der Waals surface area contributed by atoms with Gasteiger partial charge in [0, 0.05) is 22.2 Å². The van der Waals surface area contributed by atoms with Crippen LogP contribution < -0.4 is 14.7 Å². The van der Waals surface area contributed by atoms with Crippen LogP contribution in [-0.2, 0) is 14.4 Å². The van der Waals surface area contributed by atoms with Crippen molar-refractivity contribution in [2.45, 2.75) is 12.1 Å². The largest absolute Gasteiger partial charge is 0.495 e. The molecule has 2 fully saturated rings. The van der Waals surface area contributed by atoms with Gasteiger partial charge < -0.3 is 4.74 Å². The minimum Gasteiger partial charge on any atom is -0.495 e. The van der Waals surface area contributed by atoms with Crippen molar-refractivity contribution in [2.24, 2.45) is 5.92 Å². The SMILES string of the molecule is COc1ccccc1N1C(=O)[C@H]2[C@H](ON(c3cccc([N+](=O)[O-])c3)[C@H]2c2ccc(Cl)cc2Cl)C1=O. The van der Waals surface area contributed by atoms with E-state index in [1.54, 1.807) is 42.5 Å². The molecule has 2 saturated heterocycles. The van der Waals surface area contributed by atoms with Gasteiger partial charge in [-0.15, -0.1) is 0 Å². The van der Waals surface area contributed by atoms with Gasteiger partial charge in [0.25, 0.3) is 11.6 Å². The van der Waals surface area contributed by atoms with Crippen molar-refractivity contribution in [3.63, 3.8) is 0 Å². The Balaban J connectivity index is 1.63. The first-order valence-corrected chi connectivity index (χ1v) is 11.2. The molecular formula is C24H17Cl2N3O6. The average molecular weight is 514 g/mol. The molecule has 9 nitrogen and oxygen atoms in total. The molecule has 178 valence electrons. The molecule has 0 spiro atoms. The number of para-hydroxylation sites is 2. The number of fused-ring (bicyclic) bond motifs is 1. The number of halogens is 2. The van der Waals surface area contributed by atoms with Gasteiger partial charge in [-0.3, -0.25) is 24.5 Å². The Bertz CT molecular complexity index is 1370. The van der Waals surface area contributed by atoms with E-state index in [0.29, 0.717) is 27.7 Å². The summed E-state index contributed by atoms with van der Waals surface area (Å²) >= 11 is 12.6. The van der Waals surface area contributed by atoms with Gasteiger partial charge in [0.1, 0.15) is 11.7 Å². The Kier molecular flexibility index (Phi) is 5.84. The second-order valence-corrected chi connectivity index (χ2v) is 8.79. The maximum atomic E-state index is 13.7. The summed E-state index contributed by atoms with van der Waals surface area (Å²) in [6.45, 7) is 0. The fourth-order valence-corrected chi connectivity index (χ4v) is 5.01. The zero-order valence-electron chi connectivity index (χ0n) is 18.1. The number of methoxy groups -OCH3 is 1. The van der Waals surface area contributed by atoms with Gasteiger partial charge in [0.2, 0.25) is 5.91 Å². The average Bonchev–Trinajstić information content (AvgIpc) is 3.35. The van der Waals surface area contributed by atoms with E-state index >= 15 is 0 Å². The molecule has 0 bridgehead atoms. The molecule has 2 heterocycles. The number of benzene rings is 3. The van der Waals surface area contributed by atoms with Crippen LogP contribution >= 0.6 is 23.2 Å². The number of imide groups is 1. The summed E-state index contributed by atoms with van der Waals surface area (Å²) in [5.74, 6) is -1.71. The van der Waals surface area contributed by atoms with E-state index < -0.39 is 34.8 Å². The quantitative estimate of drug-likeness (QED) is 0.269. The zero-order valence-corrected chi connectivity index (χ0v) is 19.6. The highest BCUT2D eigenvalue weighted by Crippen LogP contribution is 2.50. The van der Waals surface area contributed by atoms with Crippen molar-refractivity contribution < 1.29 is 24.1 Å². The van der Waals surface area contributed by atoms with E-state index in [0.717, 1.165) is 4.90 Å². The molecule has 2 amide bonds. The molecule has 0 N–H and O–H groups in total. The molecule has 2 aliphatic heterocycles. The number of nitrogens with zero attached hydrogens (tertiary/aromatic N) is 3. The van der Waals surface area contributed by atoms with Gasteiger partial charge in [0.15, 0.2) is 6.10 Å². The molecule has 3 aromatic rings. The maximum Gasteiger partial charge on any atom is 0.271 e. The monoisotopic (exact) mass is 513 g/mol. The lowest BCUT2D eigenvalue weighted by atomic mass is 9.90. The van der Waals surface area contributed by atoms with E-state index in [-0.39, 0.29) is 10.7 Å². The highest BCUT2D eigenvalue weighted by atomic mass is 35.5. The number of non-ortho nitro benzene ring substituents is 1. The van der Waals surface area contributed by atoms with Crippen molar-refractivity contribution in [3.05, 3.63) is 92.5 Å². The summed E-state index contributed by atoms with van der Waals surface area (Å²) in [6, 6.07) is 16.3. The van der Waals surface area contributed by atoms with Crippen LogP contribution in [0, 0.1) is 16.0 Å². The van der Waals surface area contributed by atoms with Crippen LogP contribution in [-0.4, -0.2) is 30.0 Å². The molecule has 35 heavy (non-hydrogen) atoms. The van der Waals surface area contributed by atoms with Gasteiger partial charge in [0.05, 0.1) is 29.4 Å². The molecule has 0 aliphatic carbocycles. The molecular weight excluding hydrogens is 497 g/mol. The number of hydrogen-bond donors (Lipinski definition) is 0. The predicted molar refractivity (Wildman–Crippen MR) is 129 cm³/mol. The van der Waals surface area contributed by atoms with Crippen molar-refractivity contribution in [1.29, 1.82) is 0 Å². The normalized spacial score (nSPS) is 21.4. The minimum atomic E-state index is -1.18. The van der Waals surface area contributed by atoms with Gasteiger partial charge in [-0.2, -0.15) is 0 Å². The third-order valence-electron chi connectivity index (χ3n) is 6.02. The Morgan fingerprint density at radius 1 is 1.00 bits per heavy atom. The first kappa shape index (κ1) is 23.1. The maximum absolute atomic E-state index is 13.7. The van der Waals surface area contributed by atoms with Crippen LogP contribution in [0.25, 0.3) is 0 Å². The third kappa shape index (κ3) is 3.78. The van der Waals surface area contributed by atoms with E-state index in [1.807, 2.05) is 0 Å². The Labute approximate surface area is 209 Å². The second kappa shape index (κ2) is 8.84. The summed E-state index contributed by atoms with van der Waals surface area (Å²) in [4.78, 5) is 45.1. The van der Waals surface area contributed by atoms with Crippen LogP contribution in [0.3, 0.4) is 0 Å². The van der Waals surface area contributed by atoms with Crippen molar-refractivity contribution >= 4 is 52.1 Å². The van der Waals surface area contributed by atoms with Crippen molar-refractivity contribution in [2.75, 3.05) is 17.1 Å². The molecule has 0 radical (unpaired) electrons. The van der Waals surface area contributed by atoms with Crippen LogP contribution in [0.15, 0.2) is 66.7 Å². The Morgan fingerprint density at radius 2 is 1.77 bits per heavy atom. The van der Waals surface area contributed by atoms with Gasteiger partial charge in [-0.1, -0.05) is 47.5 Å². The Hall–Kier alpha value is -3.66. The molecule has 3 atom stereocenters. The summed E-state index contributed by atoms with van der Waals surface area (Å²) in [6.07, 6.45) is -1.18. The molecule has 11 heteroatoms. The first-order chi connectivity index (χ1) is 16.8. The van der Waals surface area contributed by atoms with E-state index in [4.69, 9.17) is 32.8 Å². The predicted octanol–water partition coefficient (Wildman–Crippen LogP) is 4.96. The lowest BCUT2D eigenvalue weighted by Gasteiger charge is -2.29. The summed E-state index contributed by atoms with van der Waals surface area (Å²) in [5, 5.41) is 13.3. The highest BCUT2D eigenvalue weighted by molar-refractivity contribution is 6.35. The minimum absolute atomic E-state index is 0.169. The Morgan fingerprint density at radius 3 is 2.49 bits per heavy atom. The van der Waals surface area contributed by atoms with Crippen molar-refractivity contribution in [3.8, 4) is 5.75 Å². The highest BCUT2D eigenvalue weighted by Gasteiger charge is 2.61. The fourth-order valence-electron chi connectivity index (χ4n) is 4.49. The number of hydrogen-bond acceptors (Lipinski definition) is 7. The van der Waals surface area contributed by atoms with Crippen LogP contribution in [0.5, 0.6) is 5.75 Å². The van der Waals surface area contributed by atoms with E-state index in [9.17, 15) is 19.7 Å². The molecule has 0 aromatic heterocycles. The number of carbonyl (C=O) groups excluding carboxylic acids is 2. The number of hydroxylamine groups is 1. The molecule has 0 unspecified atom stereocenters. The van der Waals surface area contributed by atoms with E-state index in [2.05, 4.69) is 0 Å². The van der Waals surface area contributed by atoms with Gasteiger partial charge in [-0.25, -0.2) is 9.96 Å². The van der Waals surface area contributed by atoms with Gasteiger partial charge >= 0.3 is 0 Å². The van der Waals surface area contributed by atoms with Gasteiger partial charge in [-0.05, 0) is 35.9 Å². The third-order valence-corrected chi connectivity index (χ3v) is 6.58. The number of amides is 2. The number of anilines is 2. The topological polar surface area (TPSA) is 102 Å². The fraction of sp³-hybridized carbons (Fsp3) is 0.167. The first-order valence-electron chi connectivity index (χ1n) is 10.5. The molecule has 0 saturated carbocycles. The summed E-state index contributed by atoms with van der Waals surface area (Å²) in [5.41, 5.74) is 0.912. The smallest absolute Gasteiger partial charge is 0.271 e. The number of ether oxygens (including phenoxy) is 1. The van der Waals surface area contributed by atoms with E-state index in [1.165, 1.54) is 36.4 Å². The number of carbonyl (C=O) groups is 2. The molecule has 3 aromatic carbocycles. The van der Waals surface area contributed by atoms with Crippen LogP contribution in [0.1, 0.15) is 11.6 Å². The van der Waals surface area contributed by atoms with Crippen LogP contribution in [0.4, 0.5) is 17.1 Å². The lowest BCUT2D eigenvalue weighted by Crippen LogP contribution is -2.37. The molecule has 2 aliphatic rings. The summed E-state index contributed by atoms with van der Waals surface area (Å²) in [7, 11) is 1.45. The molecule has 5 rings (SSSR count). The number of nitro benzene ring substituents is 1. The van der Waals surface area contributed by atoms with Crippen LogP contribution in [0.2, 0.25) is 10.0 Å². The second-order valence-electron chi connectivity index (χ2n) is 7.95. The zero-order chi connectivity index (χ0) is 24.9. The number of rotatable bonds is 5. The standard InChI is InChI=1S/C24H17Cl2N3O6/c1-34-19-8-3-2-7-18(19)27-23(30)20-21(16-10-9-13(25)11-17(16)26)28(35-22(20)24(27)31)14-5-4-6-15(12-14)29(32)33/h2-12,20-22H,1H3/t20-,21+,22+/m1/s1.